The zero-order valence-electron chi connectivity index (χ0n) is 11.6. The summed E-state index contributed by atoms with van der Waals surface area (Å²) >= 11 is 2.88. The van der Waals surface area contributed by atoms with Crippen LogP contribution in [0.3, 0.4) is 0 Å². The van der Waals surface area contributed by atoms with Crippen molar-refractivity contribution in [3.63, 3.8) is 0 Å². The van der Waals surface area contributed by atoms with E-state index in [0.29, 0.717) is 17.2 Å². The zero-order chi connectivity index (χ0) is 15.0. The number of hydrogen-bond donors (Lipinski definition) is 3. The summed E-state index contributed by atoms with van der Waals surface area (Å²) < 4.78 is 0. The number of carboxylic acids is 1. The predicted molar refractivity (Wildman–Crippen MR) is 81.7 cm³/mol. The molecule has 0 aliphatic rings. The fourth-order valence-corrected chi connectivity index (χ4v) is 2.85. The lowest BCUT2D eigenvalue weighted by molar-refractivity contribution is 0.0701. The first-order valence-corrected chi connectivity index (χ1v) is 8.46. The molecule has 20 heavy (non-hydrogen) atoms. The number of carboxylic acid groups (broad SMARTS) is 1. The van der Waals surface area contributed by atoms with E-state index in [-0.39, 0.29) is 17.5 Å². The van der Waals surface area contributed by atoms with Crippen molar-refractivity contribution in [2.45, 2.75) is 26.3 Å². The number of carbonyl (C=O) groups excluding carboxylic acids is 1. The van der Waals surface area contributed by atoms with Gasteiger partial charge in [0.1, 0.15) is 9.88 Å². The Morgan fingerprint density at radius 2 is 2.10 bits per heavy atom. The maximum atomic E-state index is 11.5. The van der Waals surface area contributed by atoms with Gasteiger partial charge < -0.3 is 15.7 Å². The van der Waals surface area contributed by atoms with Crippen molar-refractivity contribution in [2.75, 3.05) is 18.6 Å². The Balaban J connectivity index is 2.27. The third kappa shape index (κ3) is 5.79. The van der Waals surface area contributed by atoms with E-state index >= 15 is 0 Å². The molecule has 0 aliphatic heterocycles. The Bertz CT molecular complexity index is 463. The third-order valence-corrected chi connectivity index (χ3v) is 4.34. The molecule has 0 unspecified atom stereocenters. The van der Waals surface area contributed by atoms with E-state index in [1.807, 2.05) is 0 Å². The van der Waals surface area contributed by atoms with Crippen molar-refractivity contribution in [3.8, 4) is 0 Å². The van der Waals surface area contributed by atoms with Gasteiger partial charge in [0.25, 0.3) is 0 Å². The highest BCUT2D eigenvalue weighted by Crippen LogP contribution is 2.17. The fraction of sp³-hybridized carbons (Fsp3) is 0.583. The summed E-state index contributed by atoms with van der Waals surface area (Å²) in [5, 5.41) is 14.9. The van der Waals surface area contributed by atoms with E-state index in [0.717, 1.165) is 29.9 Å². The minimum Gasteiger partial charge on any atom is -0.477 e. The number of aryl methyl sites for hydroxylation is 1. The number of amides is 2. The van der Waals surface area contributed by atoms with Crippen LogP contribution in [0.2, 0.25) is 0 Å². The molecule has 8 heteroatoms. The number of aromatic nitrogens is 1. The molecule has 0 spiro atoms. The average Bonchev–Trinajstić information content (AvgIpc) is 2.77. The Labute approximate surface area is 126 Å². The smallest absolute Gasteiger partial charge is 0.347 e. The molecule has 1 aromatic heterocycles. The first-order chi connectivity index (χ1) is 9.54. The van der Waals surface area contributed by atoms with Gasteiger partial charge in [-0.3, -0.25) is 0 Å². The van der Waals surface area contributed by atoms with Crippen LogP contribution in [-0.4, -0.2) is 40.6 Å². The van der Waals surface area contributed by atoms with Gasteiger partial charge in [0, 0.05) is 6.54 Å². The second kappa shape index (κ2) is 8.80. The molecule has 0 saturated carbocycles. The number of hydrogen-bond acceptors (Lipinski definition) is 5. The van der Waals surface area contributed by atoms with Crippen LogP contribution >= 0.6 is 23.1 Å². The molecule has 3 N–H and O–H groups in total. The van der Waals surface area contributed by atoms with Crippen LogP contribution in [0, 0.1) is 6.92 Å². The number of nitrogens with zero attached hydrogens (tertiary/aromatic N) is 1. The van der Waals surface area contributed by atoms with Gasteiger partial charge in [0.2, 0.25) is 0 Å². The minimum atomic E-state index is -0.982. The first kappa shape index (κ1) is 16.8. The second-order valence-electron chi connectivity index (χ2n) is 4.14. The SMILES string of the molecule is CSCCCCNC(=O)NCc1nc(C)c(C(=O)O)s1. The highest BCUT2D eigenvalue weighted by Gasteiger charge is 2.14. The summed E-state index contributed by atoms with van der Waals surface area (Å²) in [5.41, 5.74) is 0.483. The normalized spacial score (nSPS) is 10.3. The Hall–Kier alpha value is -1.28. The second-order valence-corrected chi connectivity index (χ2v) is 6.21. The van der Waals surface area contributed by atoms with Gasteiger partial charge in [-0.2, -0.15) is 11.8 Å². The molecule has 1 heterocycles. The van der Waals surface area contributed by atoms with Crippen LogP contribution in [-0.2, 0) is 6.54 Å². The highest BCUT2D eigenvalue weighted by molar-refractivity contribution is 7.98. The predicted octanol–water partition coefficient (Wildman–Crippen LogP) is 2.09. The number of carbonyl (C=O) groups is 2. The van der Waals surface area contributed by atoms with Gasteiger partial charge in [-0.15, -0.1) is 11.3 Å². The highest BCUT2D eigenvalue weighted by atomic mass is 32.2. The standard InChI is InChI=1S/C12H19N3O3S2/c1-8-10(11(16)17)20-9(15-8)7-14-12(18)13-5-3-4-6-19-2/h3-7H2,1-2H3,(H,16,17)(H2,13,14,18). The van der Waals surface area contributed by atoms with Gasteiger partial charge in [-0.05, 0) is 31.8 Å². The Morgan fingerprint density at radius 1 is 1.35 bits per heavy atom. The van der Waals surface area contributed by atoms with Gasteiger partial charge in [-0.25, -0.2) is 14.6 Å². The molecular formula is C12H19N3O3S2. The minimum absolute atomic E-state index is 0.222. The van der Waals surface area contributed by atoms with Crippen LogP contribution in [0.15, 0.2) is 0 Å². The molecule has 6 nitrogen and oxygen atoms in total. The largest absolute Gasteiger partial charge is 0.477 e. The molecule has 0 fully saturated rings. The number of urea groups is 1. The summed E-state index contributed by atoms with van der Waals surface area (Å²) in [6, 6.07) is -0.251. The van der Waals surface area contributed by atoms with Gasteiger partial charge in [0.05, 0.1) is 12.2 Å². The number of rotatable bonds is 8. The molecule has 0 aliphatic carbocycles. The summed E-state index contributed by atoms with van der Waals surface area (Å²) in [6.07, 6.45) is 4.09. The molecule has 1 rings (SSSR count). The van der Waals surface area contributed by atoms with E-state index in [1.54, 1.807) is 18.7 Å². The van der Waals surface area contributed by atoms with E-state index in [2.05, 4.69) is 21.9 Å². The Morgan fingerprint density at radius 3 is 2.70 bits per heavy atom. The van der Waals surface area contributed by atoms with E-state index in [1.165, 1.54) is 0 Å². The summed E-state index contributed by atoms with van der Waals surface area (Å²) in [6.45, 7) is 2.54. The van der Waals surface area contributed by atoms with Crippen LogP contribution in [0.25, 0.3) is 0 Å². The molecule has 112 valence electrons. The van der Waals surface area contributed by atoms with Gasteiger partial charge >= 0.3 is 12.0 Å². The average molecular weight is 317 g/mol. The number of thioether (sulfide) groups is 1. The summed E-state index contributed by atoms with van der Waals surface area (Å²) in [5.74, 6) is 0.115. The topological polar surface area (TPSA) is 91.3 Å². The lowest BCUT2D eigenvalue weighted by Crippen LogP contribution is -2.35. The van der Waals surface area contributed by atoms with E-state index in [9.17, 15) is 9.59 Å². The maximum absolute atomic E-state index is 11.5. The quantitative estimate of drug-likeness (QED) is 0.639. The molecule has 0 radical (unpaired) electrons. The van der Waals surface area contributed by atoms with E-state index in [4.69, 9.17) is 5.11 Å². The third-order valence-electron chi connectivity index (χ3n) is 2.50. The Kier molecular flexibility index (Phi) is 7.38. The number of unbranched alkanes of at least 4 members (excludes halogenated alkanes) is 1. The van der Waals surface area contributed by atoms with Crippen molar-refractivity contribution in [1.82, 2.24) is 15.6 Å². The van der Waals surface area contributed by atoms with Gasteiger partial charge in [-0.1, -0.05) is 0 Å². The van der Waals surface area contributed by atoms with Gasteiger partial charge in [0.15, 0.2) is 0 Å². The van der Waals surface area contributed by atoms with Crippen LogP contribution < -0.4 is 10.6 Å². The molecule has 0 bridgehead atoms. The van der Waals surface area contributed by atoms with Crippen molar-refractivity contribution >= 4 is 35.1 Å². The molecule has 1 aromatic rings. The van der Waals surface area contributed by atoms with Crippen LogP contribution in [0.1, 0.15) is 33.2 Å². The van der Waals surface area contributed by atoms with Crippen molar-refractivity contribution in [3.05, 3.63) is 15.6 Å². The fourth-order valence-electron chi connectivity index (χ4n) is 1.52. The van der Waals surface area contributed by atoms with Crippen molar-refractivity contribution < 1.29 is 14.7 Å². The van der Waals surface area contributed by atoms with Crippen molar-refractivity contribution in [1.29, 1.82) is 0 Å². The molecule has 2 amide bonds. The monoisotopic (exact) mass is 317 g/mol. The number of nitrogens with one attached hydrogen (secondary N) is 2. The molecule has 0 atom stereocenters. The first-order valence-electron chi connectivity index (χ1n) is 6.24. The summed E-state index contributed by atoms with van der Waals surface area (Å²) in [4.78, 5) is 26.7. The maximum Gasteiger partial charge on any atom is 0.347 e. The molecule has 0 aromatic carbocycles. The molecule has 0 saturated heterocycles. The molecular weight excluding hydrogens is 298 g/mol. The zero-order valence-corrected chi connectivity index (χ0v) is 13.2. The lowest BCUT2D eigenvalue weighted by Gasteiger charge is -2.05. The number of aromatic carboxylic acids is 1. The van der Waals surface area contributed by atoms with Crippen molar-refractivity contribution in [2.24, 2.45) is 0 Å². The van der Waals surface area contributed by atoms with E-state index < -0.39 is 5.97 Å². The lowest BCUT2D eigenvalue weighted by atomic mass is 10.3. The number of thiazole rings is 1. The van der Waals surface area contributed by atoms with Crippen LogP contribution in [0.5, 0.6) is 0 Å². The summed E-state index contributed by atoms with van der Waals surface area (Å²) in [7, 11) is 0. The van der Waals surface area contributed by atoms with Crippen LogP contribution in [0.4, 0.5) is 4.79 Å².